The average molecular weight is 525 g/mol. The van der Waals surface area contributed by atoms with Crippen molar-refractivity contribution in [3.63, 3.8) is 0 Å². The molecule has 0 unspecified atom stereocenters. The van der Waals surface area contributed by atoms with Gasteiger partial charge < -0.3 is 5.32 Å². The van der Waals surface area contributed by atoms with Gasteiger partial charge in [-0.15, -0.1) is 3.77 Å². The van der Waals surface area contributed by atoms with E-state index in [4.69, 9.17) is 0 Å². The van der Waals surface area contributed by atoms with Gasteiger partial charge in [0.1, 0.15) is 5.82 Å². The van der Waals surface area contributed by atoms with Crippen molar-refractivity contribution in [2.75, 3.05) is 23.9 Å². The minimum atomic E-state index is -3.71. The van der Waals surface area contributed by atoms with Crippen LogP contribution in [0.15, 0.2) is 36.1 Å². The molecule has 11 nitrogen and oxygen atoms in total. The molecule has 0 aliphatic heterocycles. The molecule has 2 aromatic rings. The molecule has 1 aliphatic rings. The Morgan fingerprint density at radius 2 is 2.10 bits per heavy atom. The molecule has 1 atom stereocenters. The van der Waals surface area contributed by atoms with Gasteiger partial charge in [-0.1, -0.05) is 0 Å². The molecule has 3 N–H and O–H groups in total. The Morgan fingerprint density at radius 1 is 1.37 bits per heavy atom. The molecule has 0 amide bonds. The first kappa shape index (κ1) is 22.6. The highest BCUT2D eigenvalue weighted by Crippen LogP contribution is 2.30. The number of nitrogens with zero attached hydrogens (tertiary/aromatic N) is 4. The van der Waals surface area contributed by atoms with Crippen LogP contribution in [0.2, 0.25) is 0 Å². The Balaban J connectivity index is 1.73. The smallest absolute Gasteiger partial charge is 0.263 e. The van der Waals surface area contributed by atoms with Gasteiger partial charge in [-0.2, -0.15) is 0 Å². The number of aromatic nitrogens is 2. The van der Waals surface area contributed by atoms with Crippen molar-refractivity contribution in [2.45, 2.75) is 18.1 Å². The molecule has 0 bridgehead atoms. The number of sulfonamides is 1. The van der Waals surface area contributed by atoms with Crippen molar-refractivity contribution < 1.29 is 26.9 Å². The number of anilines is 1. The first-order chi connectivity index (χ1) is 14.1. The third-order valence-corrected chi connectivity index (χ3v) is 8.92. The van der Waals surface area contributed by atoms with Gasteiger partial charge in [-0.25, -0.2) is 26.6 Å². The zero-order valence-electron chi connectivity index (χ0n) is 15.6. The van der Waals surface area contributed by atoms with Crippen molar-refractivity contribution in [1.82, 2.24) is 15.8 Å². The number of aliphatic imine (C=N–C) groups is 1. The van der Waals surface area contributed by atoms with Gasteiger partial charge in [0.25, 0.3) is 10.0 Å². The van der Waals surface area contributed by atoms with Crippen molar-refractivity contribution in [3.05, 3.63) is 34.2 Å². The Kier molecular flexibility index (Phi) is 6.74. The highest BCUT2D eigenvalue weighted by Gasteiger charge is 2.36. The van der Waals surface area contributed by atoms with Gasteiger partial charge in [-0.3, -0.25) is 10.7 Å². The number of hydroxylamine groups is 1. The number of nitrogens with one attached hydrogen (secondary N) is 2. The summed E-state index contributed by atoms with van der Waals surface area (Å²) in [5.74, 6) is -0.628. The van der Waals surface area contributed by atoms with Crippen LogP contribution < -0.4 is 10.8 Å². The number of halogens is 2. The summed E-state index contributed by atoms with van der Waals surface area (Å²) in [6, 6.07) is 3.96. The van der Waals surface area contributed by atoms with E-state index >= 15 is 0 Å². The van der Waals surface area contributed by atoms with E-state index in [9.17, 15) is 22.2 Å². The van der Waals surface area contributed by atoms with Crippen LogP contribution in [0.3, 0.4) is 0 Å². The number of amidine groups is 1. The van der Waals surface area contributed by atoms with Crippen LogP contribution in [0, 0.1) is 5.82 Å². The fourth-order valence-corrected chi connectivity index (χ4v) is 6.44. The lowest BCUT2D eigenvalue weighted by molar-refractivity contribution is 0.234. The molecule has 15 heteroatoms. The molecule has 1 aromatic heterocycles. The Labute approximate surface area is 180 Å². The second-order valence-corrected chi connectivity index (χ2v) is 12.0. The third kappa shape index (κ3) is 5.74. The molecule has 164 valence electrons. The minimum Gasteiger partial charge on any atom is -0.364 e. The van der Waals surface area contributed by atoms with Crippen molar-refractivity contribution in [3.8, 4) is 0 Å². The average Bonchev–Trinajstić information content (AvgIpc) is 3.43. The zero-order valence-corrected chi connectivity index (χ0v) is 18.8. The summed E-state index contributed by atoms with van der Waals surface area (Å²) in [4.78, 5) is 4.12. The molecule has 1 fully saturated rings. The van der Waals surface area contributed by atoms with Gasteiger partial charge >= 0.3 is 0 Å². The molecule has 1 heterocycles. The van der Waals surface area contributed by atoms with Gasteiger partial charge in [-0.05, 0) is 57.3 Å². The summed E-state index contributed by atoms with van der Waals surface area (Å²) >= 11 is 3.04. The molecule has 30 heavy (non-hydrogen) atoms. The largest absolute Gasteiger partial charge is 0.364 e. The first-order valence-electron chi connectivity index (χ1n) is 8.57. The van der Waals surface area contributed by atoms with E-state index < -0.39 is 30.8 Å². The van der Waals surface area contributed by atoms with Crippen LogP contribution in [0.4, 0.5) is 15.9 Å². The fourth-order valence-electron chi connectivity index (χ4n) is 2.32. The quantitative estimate of drug-likeness (QED) is 0.266. The standard InChI is InChI=1S/C15H18BrFN6O5S2/c1-29(25,23-30(26,27)10-3-4-10)7-6-18-14-13(21-28-22-14)15(20-24)19-9-2-5-12(17)11(16)8-9/h2,5,8,10,24H,3-4,6-7H2,1H3,(H,18,22)(H,19,20)/t29-/m1/s1. The summed E-state index contributed by atoms with van der Waals surface area (Å²) in [6.45, 7) is 0.0427. The predicted molar refractivity (Wildman–Crippen MR) is 111 cm³/mol. The van der Waals surface area contributed by atoms with Gasteiger partial charge in [0.15, 0.2) is 11.5 Å². The van der Waals surface area contributed by atoms with E-state index in [1.54, 1.807) is 0 Å². The molecular formula is C15H18BrFN6O5S2. The second kappa shape index (κ2) is 8.95. The van der Waals surface area contributed by atoms with E-state index in [0.29, 0.717) is 18.5 Å². The number of hydrogen-bond acceptors (Lipinski definition) is 9. The zero-order chi connectivity index (χ0) is 21.9. The minimum absolute atomic E-state index is 0.00286. The Bertz CT molecular complexity index is 1190. The molecule has 1 aliphatic carbocycles. The summed E-state index contributed by atoms with van der Waals surface area (Å²) < 4.78 is 58.1. The maximum absolute atomic E-state index is 13.4. The summed E-state index contributed by atoms with van der Waals surface area (Å²) in [7, 11) is -6.70. The lowest BCUT2D eigenvalue weighted by atomic mass is 10.3. The number of hydrogen-bond donors (Lipinski definition) is 3. The van der Waals surface area contributed by atoms with E-state index in [2.05, 4.69) is 44.9 Å². The normalized spacial score (nSPS) is 16.7. The molecule has 1 saturated carbocycles. The van der Waals surface area contributed by atoms with Crippen molar-refractivity contribution in [1.29, 1.82) is 0 Å². The third-order valence-electron chi connectivity index (χ3n) is 3.94. The van der Waals surface area contributed by atoms with Crippen molar-refractivity contribution >= 4 is 53.0 Å². The molecule has 1 aromatic carbocycles. The second-order valence-electron chi connectivity index (χ2n) is 6.51. The lowest BCUT2D eigenvalue weighted by Gasteiger charge is -2.07. The molecular weight excluding hydrogens is 507 g/mol. The van der Waals surface area contributed by atoms with Crippen LogP contribution >= 0.6 is 15.9 Å². The molecule has 3 rings (SSSR count). The van der Waals surface area contributed by atoms with Crippen LogP contribution in [0.5, 0.6) is 0 Å². The monoisotopic (exact) mass is 524 g/mol. The van der Waals surface area contributed by atoms with E-state index in [1.807, 2.05) is 5.48 Å². The highest BCUT2D eigenvalue weighted by atomic mass is 79.9. The van der Waals surface area contributed by atoms with Crippen LogP contribution in [0.25, 0.3) is 0 Å². The van der Waals surface area contributed by atoms with Gasteiger partial charge in [0, 0.05) is 18.6 Å². The van der Waals surface area contributed by atoms with E-state index in [-0.39, 0.29) is 34.1 Å². The number of benzene rings is 1. The van der Waals surface area contributed by atoms with Gasteiger partial charge in [0.05, 0.1) is 25.1 Å². The van der Waals surface area contributed by atoms with Crippen LogP contribution in [-0.2, 0) is 19.8 Å². The van der Waals surface area contributed by atoms with Gasteiger partial charge in [0.2, 0.25) is 5.82 Å². The molecule has 0 spiro atoms. The summed E-state index contributed by atoms with van der Waals surface area (Å²) in [5.41, 5.74) is 2.17. The maximum atomic E-state index is 13.4. The molecule has 0 saturated heterocycles. The SMILES string of the molecule is C[S@@](=O)(CCNc1nonc1C(=Nc1ccc(F)c(Br)c1)NO)=NS(=O)(=O)C1CC1. The topological polar surface area (TPSA) is 159 Å². The summed E-state index contributed by atoms with van der Waals surface area (Å²) in [6.07, 6.45) is 2.34. The highest BCUT2D eigenvalue weighted by molar-refractivity contribution is 9.10. The lowest BCUT2D eigenvalue weighted by Crippen LogP contribution is -2.23. The Hall–Kier alpha value is -2.10. The van der Waals surface area contributed by atoms with Crippen LogP contribution in [-0.4, -0.2) is 57.8 Å². The summed E-state index contributed by atoms with van der Waals surface area (Å²) in [5, 5.41) is 19.0. The van der Waals surface area contributed by atoms with E-state index in [1.165, 1.54) is 24.5 Å². The maximum Gasteiger partial charge on any atom is 0.263 e. The van der Waals surface area contributed by atoms with Crippen molar-refractivity contribution in [2.24, 2.45) is 8.76 Å². The predicted octanol–water partition coefficient (Wildman–Crippen LogP) is 2.03. The molecule has 0 radical (unpaired) electrons. The first-order valence-corrected chi connectivity index (χ1v) is 13.0. The van der Waals surface area contributed by atoms with Crippen LogP contribution in [0.1, 0.15) is 18.5 Å². The van der Waals surface area contributed by atoms with E-state index in [0.717, 1.165) is 0 Å². The fraction of sp³-hybridized carbons (Fsp3) is 0.400. The number of rotatable bonds is 8. The Morgan fingerprint density at radius 3 is 2.73 bits per heavy atom.